The molecule has 0 bridgehead atoms. The summed E-state index contributed by atoms with van der Waals surface area (Å²) in [4.78, 5) is 20.9. The average molecular weight is 428 g/mol. The summed E-state index contributed by atoms with van der Waals surface area (Å²) >= 11 is 1.66. The van der Waals surface area contributed by atoms with Crippen molar-refractivity contribution in [2.45, 2.75) is 56.9 Å². The molecule has 1 N–H and O–H groups in total. The second kappa shape index (κ2) is 9.43. The minimum absolute atomic E-state index is 0.00633. The zero-order chi connectivity index (χ0) is 21.1. The van der Waals surface area contributed by atoms with Crippen molar-refractivity contribution >= 4 is 17.2 Å². The van der Waals surface area contributed by atoms with Crippen LogP contribution in [0.15, 0.2) is 23.2 Å². The van der Waals surface area contributed by atoms with Crippen LogP contribution in [-0.2, 0) is 7.05 Å². The number of benzene rings is 1. The van der Waals surface area contributed by atoms with E-state index < -0.39 is 0 Å². The van der Waals surface area contributed by atoms with Gasteiger partial charge in [-0.05, 0) is 69.4 Å². The zero-order valence-corrected chi connectivity index (χ0v) is 19.2. The summed E-state index contributed by atoms with van der Waals surface area (Å²) in [5.74, 6) is 0.404. The van der Waals surface area contributed by atoms with Crippen molar-refractivity contribution in [2.24, 2.45) is 12.0 Å². The Hall–Kier alpha value is -1.99. The number of hydrogen-bond acceptors (Lipinski definition) is 5. The maximum atomic E-state index is 12.5. The van der Waals surface area contributed by atoms with Crippen molar-refractivity contribution in [1.29, 1.82) is 0 Å². The number of likely N-dealkylation sites (tertiary alicyclic amines) is 1. The predicted octanol–water partition coefficient (Wildman–Crippen LogP) is 3.55. The van der Waals surface area contributed by atoms with Crippen molar-refractivity contribution in [1.82, 2.24) is 20.0 Å². The first kappa shape index (κ1) is 21.2. The van der Waals surface area contributed by atoms with Crippen LogP contribution in [0, 0.1) is 0 Å². The van der Waals surface area contributed by atoms with Crippen LogP contribution in [0.2, 0.25) is 0 Å². The topological polar surface area (TPSA) is 62.5 Å². The number of nitrogens with one attached hydrogen (secondary N) is 1. The Balaban J connectivity index is 1.67. The van der Waals surface area contributed by atoms with Gasteiger partial charge in [0.1, 0.15) is 5.01 Å². The third-order valence-electron chi connectivity index (χ3n) is 6.50. The normalized spacial score (nSPS) is 19.9. The molecule has 7 heteroatoms. The summed E-state index contributed by atoms with van der Waals surface area (Å²) < 4.78 is 1.91. The summed E-state index contributed by atoms with van der Waals surface area (Å²) in [5.41, 5.74) is 3.04. The smallest absolute Gasteiger partial charge is 0.251 e. The summed E-state index contributed by atoms with van der Waals surface area (Å²) in [6, 6.07) is 6.64. The molecule has 2 fully saturated rings. The van der Waals surface area contributed by atoms with E-state index in [2.05, 4.69) is 23.3 Å². The number of amides is 1. The molecule has 1 amide bonds. The number of piperidine rings is 1. The Morgan fingerprint density at radius 2 is 1.87 bits per heavy atom. The molecule has 2 aromatic rings. The Morgan fingerprint density at radius 3 is 2.57 bits per heavy atom. The molecule has 2 heterocycles. The third kappa shape index (κ3) is 4.67. The lowest BCUT2D eigenvalue weighted by molar-refractivity contribution is 0.0961. The van der Waals surface area contributed by atoms with Gasteiger partial charge in [0.25, 0.3) is 5.91 Å². The van der Waals surface area contributed by atoms with E-state index in [1.807, 2.05) is 23.9 Å². The molecular weight excluding hydrogens is 394 g/mol. The standard InChI is InChI=1S/C23H33N5OS/c1-24-21(29)19-10-9-17(15-20(19)16-11-13-27(2)14-12-16)22-26-28(3)23(30-22)25-18-7-5-4-6-8-18/h9-10,15-16,18H,4-8,11-14H2,1-3H3,(H,24,29)/b25-23+. The molecule has 0 spiro atoms. The third-order valence-corrected chi connectivity index (χ3v) is 7.56. The van der Waals surface area contributed by atoms with Gasteiger partial charge in [-0.2, -0.15) is 5.10 Å². The first-order chi connectivity index (χ1) is 14.5. The van der Waals surface area contributed by atoms with Gasteiger partial charge in [-0.1, -0.05) is 36.7 Å². The highest BCUT2D eigenvalue weighted by atomic mass is 32.1. The van der Waals surface area contributed by atoms with E-state index in [4.69, 9.17) is 10.1 Å². The largest absolute Gasteiger partial charge is 0.355 e. The molecule has 162 valence electrons. The van der Waals surface area contributed by atoms with Crippen molar-refractivity contribution in [3.05, 3.63) is 34.1 Å². The Kier molecular flexibility index (Phi) is 6.68. The lowest BCUT2D eigenvalue weighted by atomic mass is 9.85. The Labute approximate surface area is 183 Å². The van der Waals surface area contributed by atoms with E-state index in [1.165, 1.54) is 32.1 Å². The van der Waals surface area contributed by atoms with E-state index in [-0.39, 0.29) is 5.91 Å². The van der Waals surface area contributed by atoms with Gasteiger partial charge in [0.15, 0.2) is 0 Å². The lowest BCUT2D eigenvalue weighted by Crippen LogP contribution is -2.30. The maximum absolute atomic E-state index is 12.5. The molecule has 0 unspecified atom stereocenters. The van der Waals surface area contributed by atoms with Crippen LogP contribution in [0.3, 0.4) is 0 Å². The maximum Gasteiger partial charge on any atom is 0.251 e. The lowest BCUT2D eigenvalue weighted by Gasteiger charge is -2.30. The number of hydrogen-bond donors (Lipinski definition) is 1. The van der Waals surface area contributed by atoms with Crippen molar-refractivity contribution in [3.8, 4) is 10.6 Å². The summed E-state index contributed by atoms with van der Waals surface area (Å²) in [5, 5.41) is 8.55. The van der Waals surface area contributed by atoms with Crippen LogP contribution in [0.5, 0.6) is 0 Å². The second-order valence-electron chi connectivity index (χ2n) is 8.69. The number of nitrogens with zero attached hydrogens (tertiary/aromatic N) is 4. The highest BCUT2D eigenvalue weighted by Gasteiger charge is 2.24. The van der Waals surface area contributed by atoms with Gasteiger partial charge in [-0.3, -0.25) is 9.79 Å². The molecule has 1 aromatic heterocycles. The molecule has 6 nitrogen and oxygen atoms in total. The molecule has 1 saturated carbocycles. The van der Waals surface area contributed by atoms with Gasteiger partial charge in [0.05, 0.1) is 6.04 Å². The number of aryl methyl sites for hydroxylation is 1. The molecule has 1 saturated heterocycles. The first-order valence-corrected chi connectivity index (χ1v) is 12.0. The Bertz CT molecular complexity index is 949. The fraction of sp³-hybridized carbons (Fsp3) is 0.609. The summed E-state index contributed by atoms with van der Waals surface area (Å²) in [7, 11) is 5.85. The van der Waals surface area contributed by atoms with Gasteiger partial charge in [-0.25, -0.2) is 4.68 Å². The van der Waals surface area contributed by atoms with Crippen LogP contribution in [0.4, 0.5) is 0 Å². The summed E-state index contributed by atoms with van der Waals surface area (Å²) in [6.45, 7) is 2.14. The fourth-order valence-electron chi connectivity index (χ4n) is 4.64. The molecule has 1 aliphatic carbocycles. The van der Waals surface area contributed by atoms with E-state index in [9.17, 15) is 4.79 Å². The minimum Gasteiger partial charge on any atom is -0.355 e. The minimum atomic E-state index is -0.00633. The molecule has 2 aliphatic rings. The van der Waals surface area contributed by atoms with E-state index in [0.717, 1.165) is 52.4 Å². The van der Waals surface area contributed by atoms with E-state index >= 15 is 0 Å². The summed E-state index contributed by atoms with van der Waals surface area (Å²) in [6.07, 6.45) is 8.44. The first-order valence-electron chi connectivity index (χ1n) is 11.2. The molecule has 0 atom stereocenters. The SMILES string of the molecule is CNC(=O)c1ccc(-c2nn(C)/c(=N\C3CCCCC3)s2)cc1C1CCN(C)CC1. The molecule has 30 heavy (non-hydrogen) atoms. The molecular formula is C23H33N5OS. The van der Waals surface area contributed by atoms with Crippen LogP contribution >= 0.6 is 11.3 Å². The van der Waals surface area contributed by atoms with Gasteiger partial charge in [0, 0.05) is 25.2 Å². The van der Waals surface area contributed by atoms with Gasteiger partial charge < -0.3 is 10.2 Å². The zero-order valence-electron chi connectivity index (χ0n) is 18.4. The predicted molar refractivity (Wildman–Crippen MR) is 122 cm³/mol. The van der Waals surface area contributed by atoms with Crippen molar-refractivity contribution in [3.63, 3.8) is 0 Å². The van der Waals surface area contributed by atoms with Crippen LogP contribution in [0.1, 0.15) is 66.8 Å². The second-order valence-corrected chi connectivity index (χ2v) is 9.65. The Morgan fingerprint density at radius 1 is 1.13 bits per heavy atom. The number of carbonyl (C=O) groups is 1. The highest BCUT2D eigenvalue weighted by Crippen LogP contribution is 2.33. The highest BCUT2D eigenvalue weighted by molar-refractivity contribution is 7.12. The molecule has 4 rings (SSSR count). The number of aromatic nitrogens is 2. The van der Waals surface area contributed by atoms with Crippen molar-refractivity contribution in [2.75, 3.05) is 27.2 Å². The number of rotatable bonds is 4. The molecule has 1 aliphatic heterocycles. The average Bonchev–Trinajstić information content (AvgIpc) is 3.14. The van der Waals surface area contributed by atoms with Crippen LogP contribution < -0.4 is 10.1 Å². The van der Waals surface area contributed by atoms with Gasteiger partial charge in [0.2, 0.25) is 4.80 Å². The fourth-order valence-corrected chi connectivity index (χ4v) is 5.60. The monoisotopic (exact) mass is 427 g/mol. The van der Waals surface area contributed by atoms with Crippen molar-refractivity contribution < 1.29 is 4.79 Å². The van der Waals surface area contributed by atoms with E-state index in [1.54, 1.807) is 18.4 Å². The molecule has 1 aromatic carbocycles. The quantitative estimate of drug-likeness (QED) is 0.812. The van der Waals surface area contributed by atoms with Gasteiger partial charge in [-0.15, -0.1) is 0 Å². The molecule has 0 radical (unpaired) electrons. The van der Waals surface area contributed by atoms with Crippen LogP contribution in [0.25, 0.3) is 10.6 Å². The number of carbonyl (C=O) groups excluding carboxylic acids is 1. The van der Waals surface area contributed by atoms with Gasteiger partial charge >= 0.3 is 0 Å². The van der Waals surface area contributed by atoms with Crippen LogP contribution in [-0.4, -0.2) is 53.8 Å². The van der Waals surface area contributed by atoms with E-state index in [0.29, 0.717) is 12.0 Å².